The highest BCUT2D eigenvalue weighted by Crippen LogP contribution is 2.07. The lowest BCUT2D eigenvalue weighted by atomic mass is 10.5. The monoisotopic (exact) mass is 228 g/mol. The molecule has 1 rings (SSSR count). The molecule has 0 aromatic carbocycles. The molecule has 0 fully saturated rings. The number of anilines is 2. The van der Waals surface area contributed by atoms with Crippen LogP contribution in [0, 0.1) is 0 Å². The Morgan fingerprint density at radius 1 is 1.53 bits per heavy atom. The van der Waals surface area contributed by atoms with Crippen molar-refractivity contribution in [2.75, 3.05) is 42.9 Å². The summed E-state index contributed by atoms with van der Waals surface area (Å²) < 4.78 is 10.8. The zero-order valence-corrected chi connectivity index (χ0v) is 10.0. The van der Waals surface area contributed by atoms with E-state index in [4.69, 9.17) is 0 Å². The van der Waals surface area contributed by atoms with Gasteiger partial charge in [-0.25, -0.2) is 4.98 Å². The molecule has 1 atom stereocenters. The number of nitrogens with one attached hydrogen (secondary N) is 1. The molecule has 0 bridgehead atoms. The van der Waals surface area contributed by atoms with Crippen LogP contribution < -0.4 is 10.2 Å². The lowest BCUT2D eigenvalue weighted by Gasteiger charge is -2.11. The second-order valence-corrected chi connectivity index (χ2v) is 4.90. The van der Waals surface area contributed by atoms with Gasteiger partial charge in [0.2, 0.25) is 5.95 Å². The van der Waals surface area contributed by atoms with Crippen LogP contribution in [0.1, 0.15) is 0 Å². The van der Waals surface area contributed by atoms with Gasteiger partial charge in [0.05, 0.1) is 0 Å². The lowest BCUT2D eigenvalue weighted by molar-refractivity contribution is 0.687. The van der Waals surface area contributed by atoms with Crippen molar-refractivity contribution in [3.8, 4) is 0 Å². The van der Waals surface area contributed by atoms with E-state index in [0.29, 0.717) is 18.2 Å². The molecule has 1 heterocycles. The Kier molecular flexibility index (Phi) is 4.48. The predicted molar refractivity (Wildman–Crippen MR) is 63.8 cm³/mol. The van der Waals surface area contributed by atoms with Crippen LogP contribution in [0.4, 0.5) is 11.8 Å². The van der Waals surface area contributed by atoms with E-state index in [1.165, 1.54) is 0 Å². The third-order valence-electron chi connectivity index (χ3n) is 1.74. The van der Waals surface area contributed by atoms with Crippen LogP contribution in [0.2, 0.25) is 0 Å². The number of aromatic nitrogens is 2. The van der Waals surface area contributed by atoms with Gasteiger partial charge in [0.15, 0.2) is 0 Å². The molecular formula is C9H16N4OS. The molecule has 0 saturated carbocycles. The fraction of sp³-hybridized carbons (Fsp3) is 0.556. The lowest BCUT2D eigenvalue weighted by Crippen LogP contribution is -2.15. The Hall–Kier alpha value is -1.17. The van der Waals surface area contributed by atoms with Crippen LogP contribution in [-0.2, 0) is 10.8 Å². The van der Waals surface area contributed by atoms with Gasteiger partial charge in [-0.15, -0.1) is 0 Å². The summed E-state index contributed by atoms with van der Waals surface area (Å²) in [6.45, 7) is 0.660. The van der Waals surface area contributed by atoms with Crippen molar-refractivity contribution in [3.05, 3.63) is 12.3 Å². The molecule has 1 N–H and O–H groups in total. The van der Waals surface area contributed by atoms with Crippen molar-refractivity contribution in [2.45, 2.75) is 0 Å². The molecular weight excluding hydrogens is 212 g/mol. The third-order valence-corrected chi connectivity index (χ3v) is 2.52. The maximum absolute atomic E-state index is 10.8. The Balaban J connectivity index is 2.54. The van der Waals surface area contributed by atoms with Crippen LogP contribution >= 0.6 is 0 Å². The molecule has 1 aromatic heterocycles. The Morgan fingerprint density at radius 3 is 2.87 bits per heavy atom. The van der Waals surface area contributed by atoms with Crippen LogP contribution in [-0.4, -0.2) is 46.8 Å². The highest BCUT2D eigenvalue weighted by Gasteiger charge is 2.00. The summed E-state index contributed by atoms with van der Waals surface area (Å²) in [5.74, 6) is 2.05. The molecule has 15 heavy (non-hydrogen) atoms. The molecule has 0 aliphatic heterocycles. The third kappa shape index (κ3) is 4.24. The van der Waals surface area contributed by atoms with Gasteiger partial charge in [-0.1, -0.05) is 0 Å². The highest BCUT2D eigenvalue weighted by molar-refractivity contribution is 7.84. The van der Waals surface area contributed by atoms with E-state index in [-0.39, 0.29) is 0 Å². The number of hydrogen-bond donors (Lipinski definition) is 1. The average molecular weight is 228 g/mol. The smallest absolute Gasteiger partial charge is 0.226 e. The molecule has 5 nitrogen and oxygen atoms in total. The maximum Gasteiger partial charge on any atom is 0.226 e. The van der Waals surface area contributed by atoms with Crippen LogP contribution in [0.5, 0.6) is 0 Å². The zero-order valence-electron chi connectivity index (χ0n) is 9.23. The van der Waals surface area contributed by atoms with E-state index >= 15 is 0 Å². The minimum absolute atomic E-state index is 0.626. The summed E-state index contributed by atoms with van der Waals surface area (Å²) in [5.41, 5.74) is 0. The Labute approximate surface area is 92.4 Å². The number of rotatable bonds is 5. The molecule has 1 aromatic rings. The van der Waals surface area contributed by atoms with Crippen molar-refractivity contribution in [1.29, 1.82) is 0 Å². The Bertz CT molecular complexity index is 343. The van der Waals surface area contributed by atoms with E-state index in [2.05, 4.69) is 15.3 Å². The van der Waals surface area contributed by atoms with E-state index in [0.717, 1.165) is 5.82 Å². The first-order valence-electron chi connectivity index (χ1n) is 4.64. The van der Waals surface area contributed by atoms with Crippen molar-refractivity contribution < 1.29 is 4.21 Å². The SMILES string of the molecule is CN(C)c1nccc(NCCS(C)=O)n1. The van der Waals surface area contributed by atoms with E-state index < -0.39 is 10.8 Å². The predicted octanol–water partition coefficient (Wildman–Crippen LogP) is 0.333. The van der Waals surface area contributed by atoms with Crippen molar-refractivity contribution in [3.63, 3.8) is 0 Å². The summed E-state index contributed by atoms with van der Waals surface area (Å²) in [5, 5.41) is 3.10. The largest absolute Gasteiger partial charge is 0.369 e. The number of nitrogens with zero attached hydrogens (tertiary/aromatic N) is 3. The van der Waals surface area contributed by atoms with Crippen molar-refractivity contribution >= 4 is 22.6 Å². The standard InChI is InChI=1S/C9H16N4OS/c1-13(2)9-11-5-4-8(12-9)10-6-7-15(3)14/h4-5H,6-7H2,1-3H3,(H,10,11,12). The maximum atomic E-state index is 10.8. The molecule has 84 valence electrons. The fourth-order valence-electron chi connectivity index (χ4n) is 0.985. The normalized spacial score (nSPS) is 12.2. The minimum Gasteiger partial charge on any atom is -0.369 e. The fourth-order valence-corrected chi connectivity index (χ4v) is 1.37. The van der Waals surface area contributed by atoms with Gasteiger partial charge in [-0.05, 0) is 6.07 Å². The second kappa shape index (κ2) is 5.65. The number of hydrogen-bond acceptors (Lipinski definition) is 5. The molecule has 0 spiro atoms. The molecule has 0 saturated heterocycles. The second-order valence-electron chi connectivity index (χ2n) is 3.34. The van der Waals surface area contributed by atoms with E-state index in [1.54, 1.807) is 18.5 Å². The van der Waals surface area contributed by atoms with Gasteiger partial charge in [0.1, 0.15) is 5.82 Å². The summed E-state index contributed by atoms with van der Waals surface area (Å²) in [4.78, 5) is 10.2. The quantitative estimate of drug-likeness (QED) is 0.787. The van der Waals surface area contributed by atoms with Crippen LogP contribution in [0.3, 0.4) is 0 Å². The van der Waals surface area contributed by atoms with Crippen molar-refractivity contribution in [1.82, 2.24) is 9.97 Å². The van der Waals surface area contributed by atoms with Gasteiger partial charge >= 0.3 is 0 Å². The molecule has 0 amide bonds. The summed E-state index contributed by atoms with van der Waals surface area (Å²) >= 11 is 0. The first-order valence-corrected chi connectivity index (χ1v) is 6.36. The first-order chi connectivity index (χ1) is 7.09. The minimum atomic E-state index is -0.770. The van der Waals surface area contributed by atoms with Crippen LogP contribution in [0.25, 0.3) is 0 Å². The summed E-state index contributed by atoms with van der Waals surface area (Å²) in [6, 6.07) is 1.80. The topological polar surface area (TPSA) is 58.1 Å². The summed E-state index contributed by atoms with van der Waals surface area (Å²) in [6.07, 6.45) is 3.39. The van der Waals surface area contributed by atoms with Gasteiger partial charge in [-0.3, -0.25) is 4.21 Å². The zero-order chi connectivity index (χ0) is 11.3. The molecule has 0 aliphatic rings. The van der Waals surface area contributed by atoms with Gasteiger partial charge < -0.3 is 10.2 Å². The van der Waals surface area contributed by atoms with Gasteiger partial charge in [0, 0.05) is 49.6 Å². The first kappa shape index (κ1) is 11.9. The molecule has 0 radical (unpaired) electrons. The Morgan fingerprint density at radius 2 is 2.27 bits per heavy atom. The van der Waals surface area contributed by atoms with Crippen LogP contribution in [0.15, 0.2) is 12.3 Å². The average Bonchev–Trinajstić information content (AvgIpc) is 2.17. The van der Waals surface area contributed by atoms with Gasteiger partial charge in [-0.2, -0.15) is 4.98 Å². The van der Waals surface area contributed by atoms with E-state index in [9.17, 15) is 4.21 Å². The molecule has 6 heteroatoms. The van der Waals surface area contributed by atoms with E-state index in [1.807, 2.05) is 19.0 Å². The van der Waals surface area contributed by atoms with Gasteiger partial charge in [0.25, 0.3) is 0 Å². The summed E-state index contributed by atoms with van der Waals surface area (Å²) in [7, 11) is 3.01. The van der Waals surface area contributed by atoms with Crippen molar-refractivity contribution in [2.24, 2.45) is 0 Å². The molecule has 0 aliphatic carbocycles. The molecule has 1 unspecified atom stereocenters. The highest BCUT2D eigenvalue weighted by atomic mass is 32.2.